The minimum absolute atomic E-state index is 0.327. The molecule has 3 heterocycles. The molecule has 7 heteroatoms. The van der Waals surface area contributed by atoms with E-state index in [9.17, 15) is 0 Å². The molecule has 1 aliphatic heterocycles. The van der Waals surface area contributed by atoms with Crippen LogP contribution in [0, 0.1) is 0 Å². The predicted molar refractivity (Wildman–Crippen MR) is 78.4 cm³/mol. The summed E-state index contributed by atoms with van der Waals surface area (Å²) in [6, 6.07) is 0.362. The first-order chi connectivity index (χ1) is 9.70. The maximum absolute atomic E-state index is 5.63. The second-order valence-electron chi connectivity index (χ2n) is 5.55. The molecule has 1 saturated heterocycles. The van der Waals surface area contributed by atoms with Crippen molar-refractivity contribution in [1.82, 2.24) is 25.1 Å². The van der Waals surface area contributed by atoms with Gasteiger partial charge in [-0.05, 0) is 13.0 Å². The summed E-state index contributed by atoms with van der Waals surface area (Å²) in [6.45, 7) is 8.92. The molecule has 1 fully saturated rings. The fourth-order valence-electron chi connectivity index (χ4n) is 2.49. The minimum Gasteiger partial charge on any atom is -0.379 e. The maximum Gasteiger partial charge on any atom is 0.234 e. The van der Waals surface area contributed by atoms with Gasteiger partial charge in [-0.2, -0.15) is 9.61 Å². The number of hydrogen-bond acceptors (Lipinski definition) is 6. The van der Waals surface area contributed by atoms with Gasteiger partial charge in [-0.15, -0.1) is 10.2 Å². The van der Waals surface area contributed by atoms with Gasteiger partial charge in [-0.3, -0.25) is 0 Å². The topological polar surface area (TPSA) is 64.3 Å². The highest BCUT2D eigenvalue weighted by atomic mass is 32.1. The average Bonchev–Trinajstić information content (AvgIpc) is 3.09. The first-order valence-electron chi connectivity index (χ1n) is 7.23. The summed E-state index contributed by atoms with van der Waals surface area (Å²) in [4.78, 5) is 0.879. The van der Waals surface area contributed by atoms with E-state index in [4.69, 9.17) is 9.84 Å². The van der Waals surface area contributed by atoms with Gasteiger partial charge in [0.2, 0.25) is 4.96 Å². The molecular formula is C13H21N5OS. The van der Waals surface area contributed by atoms with Crippen LogP contribution in [0.5, 0.6) is 0 Å². The third-order valence-electron chi connectivity index (χ3n) is 3.60. The van der Waals surface area contributed by atoms with Crippen molar-refractivity contribution in [3.8, 4) is 0 Å². The van der Waals surface area contributed by atoms with Gasteiger partial charge in [0.05, 0.1) is 19.1 Å². The summed E-state index contributed by atoms with van der Waals surface area (Å²) in [5.41, 5.74) is 0. The molecular weight excluding hydrogens is 274 g/mol. The summed E-state index contributed by atoms with van der Waals surface area (Å²) < 4.78 is 7.52. The molecule has 6 nitrogen and oxygen atoms in total. The van der Waals surface area contributed by atoms with Crippen molar-refractivity contribution in [2.45, 2.75) is 45.1 Å². The lowest BCUT2D eigenvalue weighted by Crippen LogP contribution is -2.34. The van der Waals surface area contributed by atoms with E-state index in [0.717, 1.165) is 42.0 Å². The van der Waals surface area contributed by atoms with Crippen LogP contribution < -0.4 is 5.32 Å². The third-order valence-corrected chi connectivity index (χ3v) is 4.63. The number of fused-ring (bicyclic) bond motifs is 1. The second kappa shape index (κ2) is 5.75. The van der Waals surface area contributed by atoms with Gasteiger partial charge in [0.25, 0.3) is 0 Å². The molecule has 2 unspecified atom stereocenters. The van der Waals surface area contributed by atoms with Crippen molar-refractivity contribution in [3.63, 3.8) is 0 Å². The van der Waals surface area contributed by atoms with Crippen LogP contribution in [-0.4, -0.2) is 45.6 Å². The number of rotatable bonds is 5. The Kier molecular flexibility index (Phi) is 4.00. The number of nitrogens with zero attached hydrogens (tertiary/aromatic N) is 4. The van der Waals surface area contributed by atoms with Gasteiger partial charge in [0.15, 0.2) is 5.82 Å². The summed E-state index contributed by atoms with van der Waals surface area (Å²) in [5.74, 6) is 1.58. The molecule has 20 heavy (non-hydrogen) atoms. The molecule has 0 radical (unpaired) electrons. The normalized spacial score (nSPS) is 23.2. The van der Waals surface area contributed by atoms with Gasteiger partial charge >= 0.3 is 0 Å². The molecule has 0 aliphatic carbocycles. The van der Waals surface area contributed by atoms with E-state index in [0.29, 0.717) is 17.9 Å². The Balaban J connectivity index is 1.86. The summed E-state index contributed by atoms with van der Waals surface area (Å²) in [6.07, 6.45) is 1.13. The van der Waals surface area contributed by atoms with Crippen molar-refractivity contribution in [2.75, 3.05) is 19.8 Å². The molecule has 0 bridgehead atoms. The van der Waals surface area contributed by atoms with E-state index in [1.54, 1.807) is 11.3 Å². The molecule has 110 valence electrons. The van der Waals surface area contributed by atoms with Gasteiger partial charge in [0, 0.05) is 12.0 Å². The molecule has 0 spiro atoms. The van der Waals surface area contributed by atoms with Crippen LogP contribution in [0.4, 0.5) is 0 Å². The maximum atomic E-state index is 5.63. The molecule has 2 aromatic rings. The van der Waals surface area contributed by atoms with E-state index in [-0.39, 0.29) is 0 Å². The number of nitrogens with one attached hydrogen (secondary N) is 1. The Labute approximate surface area is 122 Å². The lowest BCUT2D eigenvalue weighted by Gasteiger charge is -2.16. The molecule has 0 aromatic carbocycles. The molecule has 2 atom stereocenters. The Morgan fingerprint density at radius 2 is 2.25 bits per heavy atom. The summed E-state index contributed by atoms with van der Waals surface area (Å²) in [5, 5.41) is 17.8. The SMILES string of the molecule is CCCNC1COCC1c1nn2c(C(C)C)nnc2s1. The smallest absolute Gasteiger partial charge is 0.234 e. The van der Waals surface area contributed by atoms with Crippen LogP contribution >= 0.6 is 11.3 Å². The number of aromatic nitrogens is 4. The van der Waals surface area contributed by atoms with Crippen LogP contribution in [0.3, 0.4) is 0 Å². The monoisotopic (exact) mass is 295 g/mol. The Morgan fingerprint density at radius 1 is 1.40 bits per heavy atom. The molecule has 0 saturated carbocycles. The molecule has 1 aliphatic rings. The molecule has 2 aromatic heterocycles. The van der Waals surface area contributed by atoms with Gasteiger partial charge in [-0.25, -0.2) is 0 Å². The number of ether oxygens (including phenoxy) is 1. The molecule has 1 N–H and O–H groups in total. The molecule has 3 rings (SSSR count). The zero-order valence-electron chi connectivity index (χ0n) is 12.2. The van der Waals surface area contributed by atoms with E-state index in [1.807, 2.05) is 4.52 Å². The van der Waals surface area contributed by atoms with Crippen molar-refractivity contribution in [1.29, 1.82) is 0 Å². The van der Waals surface area contributed by atoms with Crippen LogP contribution in [-0.2, 0) is 4.74 Å². The standard InChI is InChI=1S/C13H21N5OS/c1-4-5-14-10-7-19-6-9(10)12-17-18-11(8(2)3)15-16-13(18)20-12/h8-10,14H,4-7H2,1-3H3. The first kappa shape index (κ1) is 13.9. The van der Waals surface area contributed by atoms with Crippen molar-refractivity contribution < 1.29 is 4.74 Å². The van der Waals surface area contributed by atoms with Gasteiger partial charge in [0.1, 0.15) is 5.01 Å². The van der Waals surface area contributed by atoms with E-state index in [2.05, 4.69) is 36.3 Å². The number of hydrogen-bond donors (Lipinski definition) is 1. The zero-order valence-corrected chi connectivity index (χ0v) is 13.0. The van der Waals surface area contributed by atoms with E-state index >= 15 is 0 Å². The largest absolute Gasteiger partial charge is 0.379 e. The molecule has 0 amide bonds. The summed E-state index contributed by atoms with van der Waals surface area (Å²) in [7, 11) is 0. The van der Waals surface area contributed by atoms with Crippen LogP contribution in [0.25, 0.3) is 4.96 Å². The Bertz CT molecular complexity index is 578. The Morgan fingerprint density at radius 3 is 3.00 bits per heavy atom. The fourth-order valence-corrected chi connectivity index (χ4v) is 3.48. The highest BCUT2D eigenvalue weighted by Gasteiger charge is 2.32. The minimum atomic E-state index is 0.327. The van der Waals surface area contributed by atoms with Crippen molar-refractivity contribution in [2.24, 2.45) is 0 Å². The van der Waals surface area contributed by atoms with Crippen LogP contribution in [0.2, 0.25) is 0 Å². The Hall–Kier alpha value is -1.05. The highest BCUT2D eigenvalue weighted by molar-refractivity contribution is 7.16. The second-order valence-corrected chi connectivity index (χ2v) is 6.54. The van der Waals surface area contributed by atoms with E-state index in [1.165, 1.54) is 0 Å². The third kappa shape index (κ3) is 2.45. The van der Waals surface area contributed by atoms with Crippen LogP contribution in [0.15, 0.2) is 0 Å². The quantitative estimate of drug-likeness (QED) is 0.911. The van der Waals surface area contributed by atoms with E-state index < -0.39 is 0 Å². The zero-order chi connectivity index (χ0) is 14.1. The fraction of sp³-hybridized carbons (Fsp3) is 0.769. The van der Waals surface area contributed by atoms with Crippen molar-refractivity contribution in [3.05, 3.63) is 10.8 Å². The summed E-state index contributed by atoms with van der Waals surface area (Å²) >= 11 is 1.63. The predicted octanol–water partition coefficient (Wildman–Crippen LogP) is 1.79. The lowest BCUT2D eigenvalue weighted by molar-refractivity contribution is 0.187. The van der Waals surface area contributed by atoms with Gasteiger partial charge < -0.3 is 10.1 Å². The van der Waals surface area contributed by atoms with Crippen LogP contribution in [0.1, 0.15) is 49.9 Å². The highest BCUT2D eigenvalue weighted by Crippen LogP contribution is 2.30. The van der Waals surface area contributed by atoms with Crippen molar-refractivity contribution >= 4 is 16.3 Å². The average molecular weight is 295 g/mol. The lowest BCUT2D eigenvalue weighted by atomic mass is 10.1. The van der Waals surface area contributed by atoms with Gasteiger partial charge in [-0.1, -0.05) is 32.1 Å². The first-order valence-corrected chi connectivity index (χ1v) is 8.05.